The quantitative estimate of drug-likeness (QED) is 0.627. The van der Waals surface area contributed by atoms with Crippen molar-refractivity contribution in [3.05, 3.63) is 65.7 Å². The smallest absolute Gasteiger partial charge is 0.234 e. The Bertz CT molecular complexity index is 1010. The van der Waals surface area contributed by atoms with E-state index in [-0.39, 0.29) is 17.8 Å². The van der Waals surface area contributed by atoms with Gasteiger partial charge in [-0.2, -0.15) is 0 Å². The molecule has 0 saturated carbocycles. The molecule has 1 N–H and O–H groups in total. The van der Waals surface area contributed by atoms with Gasteiger partial charge in [0, 0.05) is 43.7 Å². The number of hydrogen-bond donors (Lipinski definition) is 1. The van der Waals surface area contributed by atoms with Gasteiger partial charge >= 0.3 is 0 Å². The molecule has 0 unspecified atom stereocenters. The summed E-state index contributed by atoms with van der Waals surface area (Å²) in [6.07, 6.45) is 0. The summed E-state index contributed by atoms with van der Waals surface area (Å²) < 4.78 is 24.8. The van der Waals surface area contributed by atoms with Crippen molar-refractivity contribution in [2.45, 2.75) is 19.5 Å². The van der Waals surface area contributed by atoms with Crippen molar-refractivity contribution in [2.24, 2.45) is 0 Å². The van der Waals surface area contributed by atoms with Crippen molar-refractivity contribution in [3.63, 3.8) is 0 Å². The highest BCUT2D eigenvalue weighted by molar-refractivity contribution is 5.80. The molecule has 1 aliphatic rings. The van der Waals surface area contributed by atoms with E-state index in [2.05, 4.69) is 15.1 Å². The van der Waals surface area contributed by atoms with Crippen LogP contribution in [0.1, 0.15) is 24.3 Å². The number of amides is 1. The van der Waals surface area contributed by atoms with E-state index in [0.717, 1.165) is 48.5 Å². The Balaban J connectivity index is 1.26. The predicted molar refractivity (Wildman–Crippen MR) is 117 cm³/mol. The molecular weight excluding hydrogens is 397 g/mol. The van der Waals surface area contributed by atoms with Crippen LogP contribution in [0, 0.1) is 5.82 Å². The minimum absolute atomic E-state index is 0.0202. The van der Waals surface area contributed by atoms with Gasteiger partial charge in [0.25, 0.3) is 0 Å². The molecule has 1 aliphatic heterocycles. The minimum Gasteiger partial charge on any atom is -0.496 e. The van der Waals surface area contributed by atoms with E-state index < -0.39 is 0 Å². The fraction of sp³-hybridized carbons (Fsp3) is 0.375. The average molecular weight is 426 g/mol. The number of fused-ring (bicyclic) bond motifs is 1. The molecule has 164 valence electrons. The van der Waals surface area contributed by atoms with Crippen molar-refractivity contribution >= 4 is 16.9 Å². The Morgan fingerprint density at radius 2 is 1.87 bits per heavy atom. The highest BCUT2D eigenvalue weighted by Gasteiger charge is 2.21. The Morgan fingerprint density at radius 1 is 1.13 bits per heavy atom. The van der Waals surface area contributed by atoms with Crippen LogP contribution in [0.25, 0.3) is 11.0 Å². The molecule has 1 amide bonds. The molecule has 6 nitrogen and oxygen atoms in total. The van der Waals surface area contributed by atoms with Crippen LogP contribution < -0.4 is 10.1 Å². The number of benzene rings is 2. The zero-order valence-corrected chi connectivity index (χ0v) is 17.9. The molecule has 31 heavy (non-hydrogen) atoms. The summed E-state index contributed by atoms with van der Waals surface area (Å²) in [6.45, 7) is 6.10. The first-order valence-corrected chi connectivity index (χ1v) is 10.6. The number of hydrogen-bond acceptors (Lipinski definition) is 5. The first-order chi connectivity index (χ1) is 15.0. The van der Waals surface area contributed by atoms with Gasteiger partial charge in [-0.3, -0.25) is 14.6 Å². The highest BCUT2D eigenvalue weighted by atomic mass is 19.1. The summed E-state index contributed by atoms with van der Waals surface area (Å²) in [5.41, 5.74) is 1.66. The second-order valence-electron chi connectivity index (χ2n) is 7.98. The maximum absolute atomic E-state index is 13.6. The Morgan fingerprint density at radius 3 is 2.61 bits per heavy atom. The lowest BCUT2D eigenvalue weighted by Crippen LogP contribution is -2.49. The lowest BCUT2D eigenvalue weighted by atomic mass is 10.1. The van der Waals surface area contributed by atoms with Gasteiger partial charge in [0.2, 0.25) is 5.91 Å². The number of rotatable bonds is 7. The fourth-order valence-electron chi connectivity index (χ4n) is 3.99. The summed E-state index contributed by atoms with van der Waals surface area (Å²) in [4.78, 5) is 16.9. The first kappa shape index (κ1) is 21.3. The number of carbonyl (C=O) groups excluding carboxylic acids is 1. The molecule has 4 rings (SSSR count). The number of halogens is 1. The van der Waals surface area contributed by atoms with Crippen LogP contribution in [-0.4, -0.2) is 55.5 Å². The number of nitrogens with one attached hydrogen (secondary N) is 1. The second kappa shape index (κ2) is 9.49. The van der Waals surface area contributed by atoms with Crippen LogP contribution in [0.4, 0.5) is 4.39 Å². The van der Waals surface area contributed by atoms with E-state index >= 15 is 0 Å². The molecule has 0 radical (unpaired) electrons. The van der Waals surface area contributed by atoms with E-state index in [0.29, 0.717) is 18.8 Å². The molecule has 7 heteroatoms. The van der Waals surface area contributed by atoms with Gasteiger partial charge in [0.05, 0.1) is 19.7 Å². The van der Waals surface area contributed by atoms with Gasteiger partial charge in [0.15, 0.2) is 0 Å². The van der Waals surface area contributed by atoms with Crippen LogP contribution >= 0.6 is 0 Å². The third-order valence-corrected chi connectivity index (χ3v) is 5.72. The lowest BCUT2D eigenvalue weighted by Gasteiger charge is -2.34. The first-order valence-electron chi connectivity index (χ1n) is 10.6. The van der Waals surface area contributed by atoms with Crippen LogP contribution in [0.15, 0.2) is 52.9 Å². The molecule has 2 aromatic carbocycles. The van der Waals surface area contributed by atoms with Crippen LogP contribution in [0.2, 0.25) is 0 Å². The SMILES string of the molecule is COc1ccc(F)cc1CN1CCN(CC(=O)N[C@@H](C)c2cc3ccccc3o2)CC1. The zero-order valence-electron chi connectivity index (χ0n) is 17.9. The van der Waals surface area contributed by atoms with Gasteiger partial charge in [-0.25, -0.2) is 4.39 Å². The minimum atomic E-state index is -0.260. The lowest BCUT2D eigenvalue weighted by molar-refractivity contribution is -0.123. The van der Waals surface area contributed by atoms with Crippen molar-refractivity contribution in [1.29, 1.82) is 0 Å². The standard InChI is InChI=1S/C24H28FN3O3/c1-17(23-14-18-5-3-4-6-22(18)31-23)26-24(29)16-28-11-9-27(10-12-28)15-19-13-20(25)7-8-21(19)30-2/h3-8,13-14,17H,9-12,15-16H2,1-2H3,(H,26,29)/t17-/m0/s1. The molecule has 1 aromatic heterocycles. The zero-order chi connectivity index (χ0) is 21.8. The average Bonchev–Trinajstić information content (AvgIpc) is 3.20. The second-order valence-corrected chi connectivity index (χ2v) is 7.98. The molecule has 0 bridgehead atoms. The number of methoxy groups -OCH3 is 1. The molecular formula is C24H28FN3O3. The summed E-state index contributed by atoms with van der Waals surface area (Å²) in [6, 6.07) is 14.2. The normalized spacial score (nSPS) is 16.4. The van der Waals surface area contributed by atoms with Crippen LogP contribution in [-0.2, 0) is 11.3 Å². The van der Waals surface area contributed by atoms with E-state index in [4.69, 9.17) is 9.15 Å². The van der Waals surface area contributed by atoms with Crippen molar-refractivity contribution in [3.8, 4) is 5.75 Å². The topological polar surface area (TPSA) is 58.0 Å². The third kappa shape index (κ3) is 5.24. The van der Waals surface area contributed by atoms with Gasteiger partial charge in [-0.05, 0) is 37.3 Å². The molecule has 0 spiro atoms. The molecule has 2 heterocycles. The maximum atomic E-state index is 13.6. The summed E-state index contributed by atoms with van der Waals surface area (Å²) in [5, 5.41) is 4.06. The largest absolute Gasteiger partial charge is 0.496 e. The number of furan rings is 1. The van der Waals surface area contributed by atoms with Crippen LogP contribution in [0.3, 0.4) is 0 Å². The Hall–Kier alpha value is -2.90. The number of para-hydroxylation sites is 1. The highest BCUT2D eigenvalue weighted by Crippen LogP contribution is 2.24. The van der Waals surface area contributed by atoms with Crippen molar-refractivity contribution < 1.29 is 18.3 Å². The summed E-state index contributed by atoms with van der Waals surface area (Å²) in [7, 11) is 1.60. The van der Waals surface area contributed by atoms with Gasteiger partial charge in [0.1, 0.15) is 22.9 Å². The van der Waals surface area contributed by atoms with Crippen molar-refractivity contribution in [1.82, 2.24) is 15.1 Å². The number of nitrogens with zero attached hydrogens (tertiary/aromatic N) is 2. The van der Waals surface area contributed by atoms with Crippen molar-refractivity contribution in [2.75, 3.05) is 39.8 Å². The van der Waals surface area contributed by atoms with E-state index in [1.165, 1.54) is 12.1 Å². The molecule has 1 atom stereocenters. The number of carbonyl (C=O) groups is 1. The van der Waals surface area contributed by atoms with Crippen LogP contribution in [0.5, 0.6) is 5.75 Å². The number of ether oxygens (including phenoxy) is 1. The van der Waals surface area contributed by atoms with Gasteiger partial charge in [-0.1, -0.05) is 18.2 Å². The summed E-state index contributed by atoms with van der Waals surface area (Å²) in [5.74, 6) is 1.17. The molecule has 0 aliphatic carbocycles. The Kier molecular flexibility index (Phi) is 6.53. The molecule has 1 fully saturated rings. The van der Waals surface area contributed by atoms with Gasteiger partial charge in [-0.15, -0.1) is 0 Å². The van der Waals surface area contributed by atoms with E-state index in [1.807, 2.05) is 37.3 Å². The van der Waals surface area contributed by atoms with E-state index in [9.17, 15) is 9.18 Å². The van der Waals surface area contributed by atoms with Gasteiger partial charge < -0.3 is 14.5 Å². The third-order valence-electron chi connectivity index (χ3n) is 5.72. The number of piperazine rings is 1. The van der Waals surface area contributed by atoms with E-state index in [1.54, 1.807) is 13.2 Å². The molecule has 1 saturated heterocycles. The monoisotopic (exact) mass is 425 g/mol. The predicted octanol–water partition coefficient (Wildman–Crippen LogP) is 3.58. The Labute approximate surface area is 181 Å². The molecule has 3 aromatic rings. The maximum Gasteiger partial charge on any atom is 0.234 e. The fourth-order valence-corrected chi connectivity index (χ4v) is 3.99. The summed E-state index contributed by atoms with van der Waals surface area (Å²) >= 11 is 0.